The zero-order valence-corrected chi connectivity index (χ0v) is 11.6. The van der Waals surface area contributed by atoms with Crippen molar-refractivity contribution in [1.29, 1.82) is 0 Å². The Bertz CT molecular complexity index is 402. The van der Waals surface area contributed by atoms with Crippen LogP contribution in [0.15, 0.2) is 18.2 Å². The number of Topliss-reactive ketones (excluding diaryl/α,β-unsaturated/α-hetero) is 1. The summed E-state index contributed by atoms with van der Waals surface area (Å²) in [5.74, 6) is -1.01. The first kappa shape index (κ1) is 15.8. The van der Waals surface area contributed by atoms with E-state index in [-0.39, 0.29) is 17.8 Å². The minimum atomic E-state index is -0.502. The lowest BCUT2D eigenvalue weighted by Gasteiger charge is -2.03. The summed E-state index contributed by atoms with van der Waals surface area (Å²) >= 11 is 0. The third kappa shape index (κ3) is 6.46. The van der Waals surface area contributed by atoms with Crippen LogP contribution in [0.5, 0.6) is 0 Å². The van der Waals surface area contributed by atoms with Gasteiger partial charge in [0.05, 0.1) is 0 Å². The van der Waals surface area contributed by atoms with Crippen LogP contribution >= 0.6 is 0 Å². The SMILES string of the molecule is CCCCCCCCC(=O)Cc1cc(F)ccc1F. The molecule has 0 bridgehead atoms. The molecule has 0 heterocycles. The molecule has 1 nitrogen and oxygen atoms in total. The van der Waals surface area contributed by atoms with Crippen LogP contribution < -0.4 is 0 Å². The van der Waals surface area contributed by atoms with Crippen LogP contribution in [0.4, 0.5) is 8.78 Å². The molecule has 0 aliphatic carbocycles. The van der Waals surface area contributed by atoms with Gasteiger partial charge in [-0.1, -0.05) is 39.0 Å². The number of benzene rings is 1. The molecule has 0 aliphatic heterocycles. The van der Waals surface area contributed by atoms with E-state index < -0.39 is 11.6 Å². The molecule has 1 aromatic rings. The van der Waals surface area contributed by atoms with E-state index >= 15 is 0 Å². The summed E-state index contributed by atoms with van der Waals surface area (Å²) in [4.78, 5) is 11.7. The van der Waals surface area contributed by atoms with Gasteiger partial charge in [0, 0.05) is 12.8 Å². The number of unbranched alkanes of at least 4 members (excludes halogenated alkanes) is 5. The Balaban J connectivity index is 2.25. The summed E-state index contributed by atoms with van der Waals surface area (Å²) in [5.41, 5.74) is 0.163. The lowest BCUT2D eigenvalue weighted by molar-refractivity contribution is -0.118. The highest BCUT2D eigenvalue weighted by Crippen LogP contribution is 2.13. The van der Waals surface area contributed by atoms with Gasteiger partial charge in [-0.05, 0) is 30.2 Å². The standard InChI is InChI=1S/C16H22F2O/c1-2-3-4-5-6-7-8-15(19)12-13-11-14(17)9-10-16(13)18/h9-11H,2-8,12H2,1H3. The van der Waals surface area contributed by atoms with Crippen LogP contribution in [-0.4, -0.2) is 5.78 Å². The van der Waals surface area contributed by atoms with Crippen molar-refractivity contribution in [3.8, 4) is 0 Å². The van der Waals surface area contributed by atoms with E-state index in [9.17, 15) is 13.6 Å². The van der Waals surface area contributed by atoms with E-state index in [0.717, 1.165) is 37.5 Å². The number of halogens is 2. The van der Waals surface area contributed by atoms with E-state index in [0.29, 0.717) is 6.42 Å². The predicted molar refractivity (Wildman–Crippen MR) is 73.1 cm³/mol. The van der Waals surface area contributed by atoms with Crippen molar-refractivity contribution >= 4 is 5.78 Å². The summed E-state index contributed by atoms with van der Waals surface area (Å²) in [5, 5.41) is 0. The van der Waals surface area contributed by atoms with Crippen molar-refractivity contribution in [1.82, 2.24) is 0 Å². The molecule has 3 heteroatoms. The summed E-state index contributed by atoms with van der Waals surface area (Å²) in [6, 6.07) is 3.24. The van der Waals surface area contributed by atoms with Crippen LogP contribution in [0.1, 0.15) is 57.4 Å². The Morgan fingerprint density at radius 2 is 1.74 bits per heavy atom. The molecule has 0 saturated carbocycles. The molecule has 0 amide bonds. The molecule has 0 aromatic heterocycles. The summed E-state index contributed by atoms with van der Waals surface area (Å²) in [6.45, 7) is 2.16. The Morgan fingerprint density at radius 1 is 1.05 bits per heavy atom. The van der Waals surface area contributed by atoms with Gasteiger partial charge in [-0.2, -0.15) is 0 Å². The number of hydrogen-bond donors (Lipinski definition) is 0. The highest BCUT2D eigenvalue weighted by molar-refractivity contribution is 5.80. The summed E-state index contributed by atoms with van der Waals surface area (Å²) < 4.78 is 26.3. The molecule has 0 saturated heterocycles. The average Bonchev–Trinajstić information content (AvgIpc) is 2.38. The average molecular weight is 268 g/mol. The first-order valence-corrected chi connectivity index (χ1v) is 7.09. The number of carbonyl (C=O) groups is 1. The number of hydrogen-bond acceptors (Lipinski definition) is 1. The Hall–Kier alpha value is -1.25. The number of ketones is 1. The molecule has 0 fully saturated rings. The van der Waals surface area contributed by atoms with Crippen molar-refractivity contribution in [3.63, 3.8) is 0 Å². The summed E-state index contributed by atoms with van der Waals surface area (Å²) in [7, 11) is 0. The first-order chi connectivity index (χ1) is 9.13. The molecule has 1 rings (SSSR count). The zero-order chi connectivity index (χ0) is 14.1. The molecule has 19 heavy (non-hydrogen) atoms. The van der Waals surface area contributed by atoms with Crippen LogP contribution in [0, 0.1) is 11.6 Å². The fourth-order valence-corrected chi connectivity index (χ4v) is 2.08. The molecule has 106 valence electrons. The van der Waals surface area contributed by atoms with E-state index in [1.807, 2.05) is 0 Å². The van der Waals surface area contributed by atoms with Crippen LogP contribution in [-0.2, 0) is 11.2 Å². The van der Waals surface area contributed by atoms with Gasteiger partial charge in [0.1, 0.15) is 17.4 Å². The Labute approximate surface area is 114 Å². The molecule has 0 N–H and O–H groups in total. The smallest absolute Gasteiger partial charge is 0.137 e. The van der Waals surface area contributed by atoms with Crippen LogP contribution in [0.2, 0.25) is 0 Å². The minimum absolute atomic E-state index is 0.00144. The van der Waals surface area contributed by atoms with Crippen molar-refractivity contribution < 1.29 is 13.6 Å². The second-order valence-corrected chi connectivity index (χ2v) is 4.97. The molecule has 0 aliphatic rings. The fraction of sp³-hybridized carbons (Fsp3) is 0.562. The molecule has 0 radical (unpaired) electrons. The second-order valence-electron chi connectivity index (χ2n) is 4.97. The lowest BCUT2D eigenvalue weighted by Crippen LogP contribution is -2.04. The summed E-state index contributed by atoms with van der Waals surface area (Å²) in [6.07, 6.45) is 7.15. The maximum atomic E-state index is 13.3. The third-order valence-electron chi connectivity index (χ3n) is 3.20. The van der Waals surface area contributed by atoms with E-state index in [1.54, 1.807) is 0 Å². The van der Waals surface area contributed by atoms with Gasteiger partial charge in [-0.3, -0.25) is 4.79 Å². The van der Waals surface area contributed by atoms with E-state index in [2.05, 4.69) is 6.92 Å². The maximum absolute atomic E-state index is 13.3. The highest BCUT2D eigenvalue weighted by atomic mass is 19.1. The lowest BCUT2D eigenvalue weighted by atomic mass is 10.0. The maximum Gasteiger partial charge on any atom is 0.137 e. The number of carbonyl (C=O) groups excluding carboxylic acids is 1. The first-order valence-electron chi connectivity index (χ1n) is 7.09. The van der Waals surface area contributed by atoms with E-state index in [1.165, 1.54) is 19.3 Å². The van der Waals surface area contributed by atoms with Crippen LogP contribution in [0.3, 0.4) is 0 Å². The zero-order valence-electron chi connectivity index (χ0n) is 11.6. The second kappa shape index (κ2) is 8.78. The quantitative estimate of drug-likeness (QED) is 0.586. The van der Waals surface area contributed by atoms with Gasteiger partial charge in [0.25, 0.3) is 0 Å². The molecular weight excluding hydrogens is 246 g/mol. The minimum Gasteiger partial charge on any atom is -0.299 e. The molecule has 0 unspecified atom stereocenters. The highest BCUT2D eigenvalue weighted by Gasteiger charge is 2.09. The monoisotopic (exact) mass is 268 g/mol. The normalized spacial score (nSPS) is 10.7. The largest absolute Gasteiger partial charge is 0.299 e. The van der Waals surface area contributed by atoms with Gasteiger partial charge in [0.15, 0.2) is 0 Å². The van der Waals surface area contributed by atoms with Crippen LogP contribution in [0.25, 0.3) is 0 Å². The fourth-order valence-electron chi connectivity index (χ4n) is 2.08. The van der Waals surface area contributed by atoms with Crippen molar-refractivity contribution in [2.75, 3.05) is 0 Å². The Morgan fingerprint density at radius 3 is 2.47 bits per heavy atom. The van der Waals surface area contributed by atoms with Crippen molar-refractivity contribution in [3.05, 3.63) is 35.4 Å². The third-order valence-corrected chi connectivity index (χ3v) is 3.20. The van der Waals surface area contributed by atoms with Gasteiger partial charge in [-0.15, -0.1) is 0 Å². The van der Waals surface area contributed by atoms with Gasteiger partial charge in [-0.25, -0.2) is 8.78 Å². The molecule has 0 spiro atoms. The van der Waals surface area contributed by atoms with Gasteiger partial charge < -0.3 is 0 Å². The van der Waals surface area contributed by atoms with Gasteiger partial charge in [0.2, 0.25) is 0 Å². The van der Waals surface area contributed by atoms with E-state index in [4.69, 9.17) is 0 Å². The van der Waals surface area contributed by atoms with Crippen molar-refractivity contribution in [2.24, 2.45) is 0 Å². The Kier molecular flexibility index (Phi) is 7.31. The molecule has 1 aromatic carbocycles. The topological polar surface area (TPSA) is 17.1 Å². The molecular formula is C16H22F2O. The molecule has 0 atom stereocenters. The van der Waals surface area contributed by atoms with Gasteiger partial charge >= 0.3 is 0 Å². The number of rotatable bonds is 9. The predicted octanol–water partition coefficient (Wildman–Crippen LogP) is 4.83. The van der Waals surface area contributed by atoms with Crippen molar-refractivity contribution in [2.45, 2.75) is 58.3 Å².